The van der Waals surface area contributed by atoms with Crippen molar-refractivity contribution in [1.29, 1.82) is 0 Å². The molecule has 4 rings (SSSR count). The molecule has 1 atom stereocenters. The lowest BCUT2D eigenvalue weighted by atomic mass is 9.95. The van der Waals surface area contributed by atoms with Gasteiger partial charge in [-0.2, -0.15) is 5.10 Å². The number of amides is 1. The smallest absolute Gasteiger partial charge is 0.301 e. The molecule has 2 aromatic carbocycles. The molecule has 0 aliphatic carbocycles. The molecule has 0 radical (unpaired) electrons. The van der Waals surface area contributed by atoms with Crippen LogP contribution in [0.1, 0.15) is 17.2 Å². The molecule has 1 fully saturated rings. The van der Waals surface area contributed by atoms with Gasteiger partial charge in [-0.25, -0.2) is 4.39 Å². The summed E-state index contributed by atoms with van der Waals surface area (Å²) in [6, 6.07) is 13.2. The lowest BCUT2D eigenvalue weighted by Gasteiger charge is -2.24. The van der Waals surface area contributed by atoms with Gasteiger partial charge in [0.25, 0.3) is 5.78 Å². The quantitative estimate of drug-likeness (QED) is 0.473. The zero-order valence-electron chi connectivity index (χ0n) is 13.9. The van der Waals surface area contributed by atoms with Gasteiger partial charge >= 0.3 is 5.91 Å². The fourth-order valence-corrected chi connectivity index (χ4v) is 3.84. The van der Waals surface area contributed by atoms with Crippen molar-refractivity contribution in [2.45, 2.75) is 6.04 Å². The Morgan fingerprint density at radius 2 is 1.85 bits per heavy atom. The third-order valence-electron chi connectivity index (χ3n) is 4.34. The van der Waals surface area contributed by atoms with Crippen molar-refractivity contribution >= 4 is 34.4 Å². The van der Waals surface area contributed by atoms with Crippen molar-refractivity contribution in [3.05, 3.63) is 77.1 Å². The van der Waals surface area contributed by atoms with E-state index in [2.05, 4.69) is 10.5 Å². The number of nitrogens with zero attached hydrogens (tertiary/aromatic N) is 2. The number of carbonyl (C=O) groups is 2. The van der Waals surface area contributed by atoms with E-state index in [1.54, 1.807) is 36.4 Å². The first-order chi connectivity index (χ1) is 13.1. The number of hydrazone groups is 1. The fourth-order valence-electron chi connectivity index (χ4n) is 3.12. The number of amidine groups is 1. The second-order valence-electron chi connectivity index (χ2n) is 5.90. The first kappa shape index (κ1) is 17.3. The standard InChI is InChI=1S/C19H14FN3O3S/c20-13-9-5-4-8-12(13)15-14(16(24)11-6-2-1-3-7-11)17(25)18(26)23(15)19-22-21-10-27-19/h1-9,15,21,24H,10H2. The molecule has 1 saturated heterocycles. The Morgan fingerprint density at radius 1 is 1.15 bits per heavy atom. The van der Waals surface area contributed by atoms with Crippen molar-refractivity contribution in [3.63, 3.8) is 0 Å². The van der Waals surface area contributed by atoms with Crippen molar-refractivity contribution < 1.29 is 19.1 Å². The highest BCUT2D eigenvalue weighted by Gasteiger charge is 2.49. The monoisotopic (exact) mass is 383 g/mol. The summed E-state index contributed by atoms with van der Waals surface area (Å²) in [5.41, 5.74) is 3.05. The maximum atomic E-state index is 14.6. The average Bonchev–Trinajstić information content (AvgIpc) is 3.30. The van der Waals surface area contributed by atoms with E-state index in [1.165, 1.54) is 30.0 Å². The Morgan fingerprint density at radius 3 is 2.52 bits per heavy atom. The number of aliphatic hydroxyl groups excluding tert-OH is 1. The number of rotatable bonds is 2. The highest BCUT2D eigenvalue weighted by molar-refractivity contribution is 8.14. The van der Waals surface area contributed by atoms with E-state index < -0.39 is 23.5 Å². The van der Waals surface area contributed by atoms with Crippen LogP contribution in [0.15, 0.2) is 65.3 Å². The van der Waals surface area contributed by atoms with Gasteiger partial charge in [0.1, 0.15) is 17.6 Å². The minimum absolute atomic E-state index is 0.115. The van der Waals surface area contributed by atoms with E-state index in [0.717, 1.165) is 4.90 Å². The van der Waals surface area contributed by atoms with Gasteiger partial charge in [-0.3, -0.25) is 19.9 Å². The molecule has 0 spiro atoms. The molecule has 2 aliphatic heterocycles. The molecule has 2 N–H and O–H groups in total. The van der Waals surface area contributed by atoms with Crippen LogP contribution in [0, 0.1) is 5.82 Å². The van der Waals surface area contributed by atoms with Crippen LogP contribution < -0.4 is 5.43 Å². The lowest BCUT2D eigenvalue weighted by Crippen LogP contribution is -2.33. The molecule has 8 heteroatoms. The second-order valence-corrected chi connectivity index (χ2v) is 6.84. The SMILES string of the molecule is O=C1C(=O)N(C2=NNCS2)C(c2ccccc2F)C1=C(O)c1ccccc1. The summed E-state index contributed by atoms with van der Waals surface area (Å²) >= 11 is 1.22. The van der Waals surface area contributed by atoms with E-state index in [-0.39, 0.29) is 22.1 Å². The average molecular weight is 383 g/mol. The summed E-state index contributed by atoms with van der Waals surface area (Å²) in [7, 11) is 0. The topological polar surface area (TPSA) is 82.0 Å². The number of Topliss-reactive ketones (excluding diaryl/α,β-unsaturated/α-hetero) is 1. The molecule has 6 nitrogen and oxygen atoms in total. The third kappa shape index (κ3) is 2.87. The number of likely N-dealkylation sites (tertiary alicyclic amines) is 1. The molecule has 27 heavy (non-hydrogen) atoms. The predicted octanol–water partition coefficient (Wildman–Crippen LogP) is 2.81. The number of ketones is 1. The van der Waals surface area contributed by atoms with Crippen molar-refractivity contribution in [2.24, 2.45) is 5.10 Å². The lowest BCUT2D eigenvalue weighted by molar-refractivity contribution is -0.137. The number of thioether (sulfide) groups is 1. The van der Waals surface area contributed by atoms with Crippen LogP contribution in [0.25, 0.3) is 5.76 Å². The first-order valence-electron chi connectivity index (χ1n) is 8.14. The minimum Gasteiger partial charge on any atom is -0.507 e. The second kappa shape index (κ2) is 6.88. The number of benzene rings is 2. The van der Waals surface area contributed by atoms with Crippen LogP contribution in [0.5, 0.6) is 0 Å². The van der Waals surface area contributed by atoms with E-state index in [9.17, 15) is 19.1 Å². The Bertz CT molecular complexity index is 991. The largest absolute Gasteiger partial charge is 0.507 e. The van der Waals surface area contributed by atoms with Crippen molar-refractivity contribution in [3.8, 4) is 0 Å². The van der Waals surface area contributed by atoms with Gasteiger partial charge in [-0.15, -0.1) is 0 Å². The third-order valence-corrected chi connectivity index (χ3v) is 5.16. The Labute approximate surface area is 158 Å². The van der Waals surface area contributed by atoms with Gasteiger partial charge in [0.05, 0.1) is 11.4 Å². The highest BCUT2D eigenvalue weighted by Crippen LogP contribution is 2.42. The molecular weight excluding hydrogens is 369 g/mol. The van der Waals surface area contributed by atoms with Crippen LogP contribution in [0.4, 0.5) is 4.39 Å². The summed E-state index contributed by atoms with van der Waals surface area (Å²) in [6.45, 7) is 0. The van der Waals surface area contributed by atoms with E-state index in [4.69, 9.17) is 0 Å². The van der Waals surface area contributed by atoms with Crippen LogP contribution in [0.2, 0.25) is 0 Å². The minimum atomic E-state index is -1.10. The summed E-state index contributed by atoms with van der Waals surface area (Å²) in [5, 5.41) is 15.1. The Kier molecular flexibility index (Phi) is 4.41. The van der Waals surface area contributed by atoms with Crippen LogP contribution in [-0.2, 0) is 9.59 Å². The summed E-state index contributed by atoms with van der Waals surface area (Å²) in [6.07, 6.45) is 0. The van der Waals surface area contributed by atoms with Gasteiger partial charge < -0.3 is 5.11 Å². The summed E-state index contributed by atoms with van der Waals surface area (Å²) < 4.78 is 14.6. The van der Waals surface area contributed by atoms with E-state index in [1.807, 2.05) is 0 Å². The maximum Gasteiger partial charge on any atom is 0.301 e. The Balaban J connectivity index is 1.95. The van der Waals surface area contributed by atoms with Crippen LogP contribution >= 0.6 is 11.8 Å². The fraction of sp³-hybridized carbons (Fsp3) is 0.105. The predicted molar refractivity (Wildman–Crippen MR) is 100 cm³/mol. The first-order valence-corrected chi connectivity index (χ1v) is 9.12. The van der Waals surface area contributed by atoms with Gasteiger partial charge in [-0.05, 0) is 6.07 Å². The van der Waals surface area contributed by atoms with Gasteiger partial charge in [0, 0.05) is 11.1 Å². The van der Waals surface area contributed by atoms with Gasteiger partial charge in [-0.1, -0.05) is 60.3 Å². The molecule has 0 bridgehead atoms. The van der Waals surface area contributed by atoms with E-state index >= 15 is 0 Å². The zero-order chi connectivity index (χ0) is 19.0. The van der Waals surface area contributed by atoms with E-state index in [0.29, 0.717) is 11.4 Å². The number of halogens is 1. The molecule has 2 aliphatic rings. The van der Waals surface area contributed by atoms with Gasteiger partial charge in [0.2, 0.25) is 0 Å². The molecule has 2 heterocycles. The number of hydrogen-bond donors (Lipinski definition) is 2. The molecule has 136 valence electrons. The van der Waals surface area contributed by atoms with Crippen molar-refractivity contribution in [2.75, 3.05) is 5.88 Å². The normalized spacial score (nSPS) is 21.3. The molecule has 0 aromatic heterocycles. The Hall–Kier alpha value is -3.13. The molecule has 1 amide bonds. The summed E-state index contributed by atoms with van der Waals surface area (Å²) in [4.78, 5) is 26.6. The number of aliphatic hydroxyl groups is 1. The molecule has 2 aromatic rings. The number of hydrogen-bond acceptors (Lipinski definition) is 6. The van der Waals surface area contributed by atoms with Gasteiger partial charge in [0.15, 0.2) is 5.17 Å². The maximum absolute atomic E-state index is 14.6. The molecule has 1 unspecified atom stereocenters. The highest BCUT2D eigenvalue weighted by atomic mass is 32.2. The number of nitrogens with one attached hydrogen (secondary N) is 1. The number of carbonyl (C=O) groups excluding carboxylic acids is 2. The molecule has 0 saturated carbocycles. The van der Waals surface area contributed by atoms with Crippen molar-refractivity contribution in [1.82, 2.24) is 10.3 Å². The molecular formula is C19H14FN3O3S. The van der Waals surface area contributed by atoms with Crippen LogP contribution in [0.3, 0.4) is 0 Å². The van der Waals surface area contributed by atoms with Crippen LogP contribution in [-0.4, -0.2) is 32.7 Å². The zero-order valence-corrected chi connectivity index (χ0v) is 14.7. The summed E-state index contributed by atoms with van der Waals surface area (Å²) in [5.74, 6) is -2.22.